The molecule has 3 nitrogen and oxygen atoms in total. The first-order valence-corrected chi connectivity index (χ1v) is 5.75. The van der Waals surface area contributed by atoms with Crippen LogP contribution in [0.2, 0.25) is 0 Å². The molecule has 88 valence electrons. The number of carbonyl (C=O) groups is 1. The molecule has 0 spiro atoms. The summed E-state index contributed by atoms with van der Waals surface area (Å²) < 4.78 is 0. The standard InChI is InChI=1S/C14H10N2OS/c17-14(16-12-6-2-1-3-7-12)11-5-4-8-13(9-11)15-10-18/h1-9H,(H,16,17). The van der Waals surface area contributed by atoms with Gasteiger partial charge in [0.2, 0.25) is 0 Å². The van der Waals surface area contributed by atoms with Crippen LogP contribution in [0.1, 0.15) is 10.4 Å². The molecule has 18 heavy (non-hydrogen) atoms. The van der Waals surface area contributed by atoms with Crippen molar-refractivity contribution in [3.05, 3.63) is 60.2 Å². The van der Waals surface area contributed by atoms with Crippen molar-refractivity contribution in [3.8, 4) is 0 Å². The minimum Gasteiger partial charge on any atom is -0.322 e. The second-order valence-electron chi connectivity index (χ2n) is 3.57. The molecule has 0 aliphatic carbocycles. The molecule has 0 aliphatic rings. The van der Waals surface area contributed by atoms with Gasteiger partial charge in [-0.15, -0.1) is 0 Å². The number of amides is 1. The lowest BCUT2D eigenvalue weighted by Gasteiger charge is -2.05. The Bertz CT molecular complexity index is 604. The Kier molecular flexibility index (Phi) is 3.97. The van der Waals surface area contributed by atoms with Gasteiger partial charge in [-0.05, 0) is 42.5 Å². The zero-order valence-electron chi connectivity index (χ0n) is 9.46. The van der Waals surface area contributed by atoms with E-state index in [-0.39, 0.29) is 5.91 Å². The van der Waals surface area contributed by atoms with Crippen LogP contribution in [0, 0.1) is 0 Å². The molecule has 2 rings (SSSR count). The number of rotatable bonds is 3. The average Bonchev–Trinajstić information content (AvgIpc) is 2.40. The Morgan fingerprint density at radius 2 is 1.89 bits per heavy atom. The lowest BCUT2D eigenvalue weighted by molar-refractivity contribution is 0.102. The van der Waals surface area contributed by atoms with Crippen molar-refractivity contribution in [3.63, 3.8) is 0 Å². The molecular weight excluding hydrogens is 244 g/mol. The van der Waals surface area contributed by atoms with Crippen LogP contribution in [0.15, 0.2) is 59.6 Å². The number of aliphatic imine (C=N–C) groups is 1. The normalized spacial score (nSPS) is 9.33. The van der Waals surface area contributed by atoms with Crippen LogP contribution in [-0.4, -0.2) is 11.1 Å². The van der Waals surface area contributed by atoms with E-state index in [1.165, 1.54) is 0 Å². The van der Waals surface area contributed by atoms with Gasteiger partial charge in [0, 0.05) is 11.3 Å². The summed E-state index contributed by atoms with van der Waals surface area (Å²) in [5.41, 5.74) is 1.90. The van der Waals surface area contributed by atoms with E-state index >= 15 is 0 Å². The summed E-state index contributed by atoms with van der Waals surface area (Å²) in [5.74, 6) is -0.178. The number of benzene rings is 2. The first-order chi connectivity index (χ1) is 8.79. The van der Waals surface area contributed by atoms with Crippen LogP contribution in [0.4, 0.5) is 11.4 Å². The van der Waals surface area contributed by atoms with Gasteiger partial charge in [-0.1, -0.05) is 24.3 Å². The van der Waals surface area contributed by atoms with Gasteiger partial charge in [-0.2, -0.15) is 4.99 Å². The number of isothiocyanates is 1. The molecule has 2 aromatic rings. The Morgan fingerprint density at radius 1 is 1.11 bits per heavy atom. The molecule has 1 N–H and O–H groups in total. The number of nitrogens with one attached hydrogen (secondary N) is 1. The summed E-state index contributed by atoms with van der Waals surface area (Å²) in [5, 5.41) is 5.08. The number of anilines is 1. The van der Waals surface area contributed by atoms with Crippen molar-refractivity contribution < 1.29 is 4.79 Å². The number of para-hydroxylation sites is 1. The third kappa shape index (κ3) is 3.10. The van der Waals surface area contributed by atoms with Gasteiger partial charge in [0.1, 0.15) is 0 Å². The van der Waals surface area contributed by atoms with Gasteiger partial charge in [0.15, 0.2) is 0 Å². The highest BCUT2D eigenvalue weighted by Crippen LogP contribution is 2.15. The van der Waals surface area contributed by atoms with Crippen molar-refractivity contribution in [2.75, 3.05) is 5.32 Å². The van der Waals surface area contributed by atoms with Gasteiger partial charge in [-0.25, -0.2) is 0 Å². The predicted octanol–water partition coefficient (Wildman–Crippen LogP) is 3.67. The summed E-state index contributed by atoms with van der Waals surface area (Å²) in [7, 11) is 0. The van der Waals surface area contributed by atoms with E-state index in [2.05, 4.69) is 27.7 Å². The Hall–Kier alpha value is -2.29. The van der Waals surface area contributed by atoms with Gasteiger partial charge in [0.25, 0.3) is 5.91 Å². The molecule has 0 saturated carbocycles. The lowest BCUT2D eigenvalue weighted by atomic mass is 10.2. The van der Waals surface area contributed by atoms with E-state index in [0.29, 0.717) is 11.3 Å². The van der Waals surface area contributed by atoms with Crippen LogP contribution < -0.4 is 5.32 Å². The minimum absolute atomic E-state index is 0.178. The number of hydrogen-bond donors (Lipinski definition) is 1. The Balaban J connectivity index is 2.19. The van der Waals surface area contributed by atoms with Crippen molar-refractivity contribution in [2.45, 2.75) is 0 Å². The van der Waals surface area contributed by atoms with E-state index in [1.807, 2.05) is 30.3 Å². The molecule has 0 heterocycles. The van der Waals surface area contributed by atoms with Crippen molar-refractivity contribution in [1.29, 1.82) is 0 Å². The summed E-state index contributed by atoms with van der Waals surface area (Å²) in [6.07, 6.45) is 0. The smallest absolute Gasteiger partial charge is 0.255 e. The molecular formula is C14H10N2OS. The van der Waals surface area contributed by atoms with Crippen molar-refractivity contribution >= 4 is 34.7 Å². The zero-order valence-corrected chi connectivity index (χ0v) is 10.3. The lowest BCUT2D eigenvalue weighted by Crippen LogP contribution is -2.11. The van der Waals surface area contributed by atoms with E-state index in [1.54, 1.807) is 24.3 Å². The number of nitrogens with zero attached hydrogens (tertiary/aromatic N) is 1. The highest BCUT2D eigenvalue weighted by atomic mass is 32.1. The van der Waals surface area contributed by atoms with Crippen LogP contribution in [0.5, 0.6) is 0 Å². The summed E-state index contributed by atoms with van der Waals surface area (Å²) in [4.78, 5) is 15.8. The molecule has 0 aliphatic heterocycles. The predicted molar refractivity (Wildman–Crippen MR) is 75.5 cm³/mol. The fourth-order valence-corrected chi connectivity index (χ4v) is 1.60. The summed E-state index contributed by atoms with van der Waals surface area (Å²) in [6.45, 7) is 0. The third-order valence-electron chi connectivity index (χ3n) is 2.31. The van der Waals surface area contributed by atoms with Crippen molar-refractivity contribution in [1.82, 2.24) is 0 Å². The first kappa shape index (κ1) is 12.2. The Labute approximate surface area is 110 Å². The van der Waals surface area contributed by atoms with Gasteiger partial charge in [-0.3, -0.25) is 4.79 Å². The molecule has 0 bridgehead atoms. The van der Waals surface area contributed by atoms with Crippen LogP contribution in [-0.2, 0) is 0 Å². The molecule has 1 amide bonds. The molecule has 2 aromatic carbocycles. The largest absolute Gasteiger partial charge is 0.322 e. The monoisotopic (exact) mass is 254 g/mol. The van der Waals surface area contributed by atoms with Gasteiger partial charge in [0.05, 0.1) is 10.8 Å². The molecule has 0 atom stereocenters. The molecule has 0 saturated heterocycles. The zero-order chi connectivity index (χ0) is 12.8. The Morgan fingerprint density at radius 3 is 2.61 bits per heavy atom. The minimum atomic E-state index is -0.178. The number of thiocarbonyl (C=S) groups is 1. The van der Waals surface area contributed by atoms with E-state index in [0.717, 1.165) is 5.69 Å². The highest BCUT2D eigenvalue weighted by molar-refractivity contribution is 7.78. The molecule has 4 heteroatoms. The van der Waals surface area contributed by atoms with E-state index in [4.69, 9.17) is 0 Å². The van der Waals surface area contributed by atoms with Crippen LogP contribution >= 0.6 is 12.2 Å². The van der Waals surface area contributed by atoms with Crippen LogP contribution in [0.3, 0.4) is 0 Å². The molecule has 0 unspecified atom stereocenters. The van der Waals surface area contributed by atoms with Crippen molar-refractivity contribution in [2.24, 2.45) is 4.99 Å². The second-order valence-corrected chi connectivity index (χ2v) is 3.76. The van der Waals surface area contributed by atoms with E-state index < -0.39 is 0 Å². The topological polar surface area (TPSA) is 41.5 Å². The molecule has 0 fully saturated rings. The summed E-state index contributed by atoms with van der Waals surface area (Å²) >= 11 is 4.53. The van der Waals surface area contributed by atoms with Gasteiger partial charge < -0.3 is 5.32 Å². The van der Waals surface area contributed by atoms with E-state index in [9.17, 15) is 4.79 Å². The maximum absolute atomic E-state index is 12.0. The number of carbonyl (C=O) groups excluding carboxylic acids is 1. The molecule has 0 aromatic heterocycles. The maximum Gasteiger partial charge on any atom is 0.255 e. The maximum atomic E-state index is 12.0. The fourth-order valence-electron chi connectivity index (χ4n) is 1.49. The SMILES string of the molecule is O=C(Nc1ccccc1)c1cccc(N=C=S)c1. The third-order valence-corrected chi connectivity index (χ3v) is 2.41. The first-order valence-electron chi connectivity index (χ1n) is 5.34. The van der Waals surface area contributed by atoms with Gasteiger partial charge >= 0.3 is 0 Å². The molecule has 0 radical (unpaired) electrons. The average molecular weight is 254 g/mol. The second kappa shape index (κ2) is 5.87. The highest BCUT2D eigenvalue weighted by Gasteiger charge is 2.05. The van der Waals surface area contributed by atoms with Crippen LogP contribution in [0.25, 0.3) is 0 Å². The fraction of sp³-hybridized carbons (Fsp3) is 0. The quantitative estimate of drug-likeness (QED) is 0.670. The summed E-state index contributed by atoms with van der Waals surface area (Å²) in [6, 6.07) is 16.2. The number of hydrogen-bond acceptors (Lipinski definition) is 3.